The van der Waals surface area contributed by atoms with E-state index in [1.807, 2.05) is 66.7 Å². The van der Waals surface area contributed by atoms with Gasteiger partial charge in [0.2, 0.25) is 0 Å². The predicted molar refractivity (Wildman–Crippen MR) is 107 cm³/mol. The molecule has 5 rings (SSSR count). The molecule has 27 heavy (non-hydrogen) atoms. The Bertz CT molecular complexity index is 1090. The quantitative estimate of drug-likeness (QED) is 0.680. The van der Waals surface area contributed by atoms with Crippen molar-refractivity contribution in [2.75, 3.05) is 11.6 Å². The van der Waals surface area contributed by atoms with E-state index < -0.39 is 0 Å². The molecule has 2 heterocycles. The van der Waals surface area contributed by atoms with Gasteiger partial charge in [0.15, 0.2) is 0 Å². The second kappa shape index (κ2) is 6.25. The first-order valence-corrected chi connectivity index (χ1v) is 8.81. The lowest BCUT2D eigenvalue weighted by molar-refractivity contribution is -0.114. The molecule has 3 aromatic rings. The second-order valence-electron chi connectivity index (χ2n) is 6.46. The van der Waals surface area contributed by atoms with Gasteiger partial charge in [0.25, 0.3) is 5.91 Å². The molecule has 0 atom stereocenters. The number of carbonyl (C=O) groups is 1. The van der Waals surface area contributed by atoms with Crippen LogP contribution in [0.25, 0.3) is 17.2 Å². The lowest BCUT2D eigenvalue weighted by Gasteiger charge is -2.12. The Labute approximate surface area is 157 Å². The van der Waals surface area contributed by atoms with Gasteiger partial charge in [0.05, 0.1) is 11.3 Å². The Morgan fingerprint density at radius 3 is 2.37 bits per heavy atom. The van der Waals surface area contributed by atoms with Crippen molar-refractivity contribution in [3.63, 3.8) is 0 Å². The average molecular weight is 352 g/mol. The average Bonchev–Trinajstić information content (AvgIpc) is 2.92. The number of carbonyl (C=O) groups excluding carboxylic acids is 1. The third-order valence-corrected chi connectivity index (χ3v) is 4.74. The summed E-state index contributed by atoms with van der Waals surface area (Å²) in [6.07, 6.45) is 1.89. The van der Waals surface area contributed by atoms with Crippen molar-refractivity contribution in [1.29, 1.82) is 0 Å². The number of ether oxygens (including phenoxy) is 1. The van der Waals surface area contributed by atoms with Gasteiger partial charge in [-0.25, -0.2) is 0 Å². The van der Waals surface area contributed by atoms with E-state index in [4.69, 9.17) is 4.74 Å². The van der Waals surface area contributed by atoms with Crippen LogP contribution in [0.4, 0.5) is 5.69 Å². The fourth-order valence-corrected chi connectivity index (χ4v) is 3.36. The Morgan fingerprint density at radius 2 is 1.59 bits per heavy atom. The summed E-state index contributed by atoms with van der Waals surface area (Å²) in [4.78, 5) is 12.9. The fraction of sp³-hybridized carbons (Fsp3) is 0.0435. The van der Waals surface area contributed by atoms with E-state index in [-0.39, 0.29) is 12.5 Å². The van der Waals surface area contributed by atoms with Crippen molar-refractivity contribution in [1.82, 2.24) is 0 Å². The smallest absolute Gasteiger partial charge is 0.280 e. The molecule has 0 saturated carbocycles. The first kappa shape index (κ1) is 15.6. The maximum atomic E-state index is 12.9. The zero-order valence-electron chi connectivity index (χ0n) is 14.5. The minimum atomic E-state index is -0.127. The molecule has 1 amide bonds. The number of hydrazone groups is 1. The van der Waals surface area contributed by atoms with E-state index >= 15 is 0 Å². The highest BCUT2D eigenvalue weighted by Gasteiger charge is 2.33. The lowest BCUT2D eigenvalue weighted by Crippen LogP contribution is -2.21. The van der Waals surface area contributed by atoms with E-state index in [0.717, 1.165) is 28.1 Å². The van der Waals surface area contributed by atoms with Crippen LogP contribution >= 0.6 is 0 Å². The van der Waals surface area contributed by atoms with Gasteiger partial charge in [-0.3, -0.25) is 4.79 Å². The number of fused-ring (bicyclic) bond motifs is 2. The van der Waals surface area contributed by atoms with Gasteiger partial charge in [-0.1, -0.05) is 54.6 Å². The van der Waals surface area contributed by atoms with Crippen molar-refractivity contribution in [3.8, 4) is 16.9 Å². The molecule has 3 aromatic carbocycles. The Balaban J connectivity index is 1.56. The molecule has 130 valence electrons. The molecule has 2 aliphatic rings. The summed E-state index contributed by atoms with van der Waals surface area (Å²) in [5, 5.41) is 5.93. The molecular weight excluding hydrogens is 336 g/mol. The number of amides is 1. The molecule has 0 spiro atoms. The van der Waals surface area contributed by atoms with Gasteiger partial charge in [-0.05, 0) is 41.5 Å². The molecule has 4 nitrogen and oxygen atoms in total. The maximum Gasteiger partial charge on any atom is 0.280 e. The van der Waals surface area contributed by atoms with Crippen molar-refractivity contribution >= 4 is 23.4 Å². The van der Waals surface area contributed by atoms with Gasteiger partial charge in [0, 0.05) is 5.56 Å². The topological polar surface area (TPSA) is 41.9 Å². The Morgan fingerprint density at radius 1 is 0.852 bits per heavy atom. The van der Waals surface area contributed by atoms with Crippen molar-refractivity contribution < 1.29 is 9.53 Å². The Hall–Kier alpha value is -3.66. The van der Waals surface area contributed by atoms with Crippen LogP contribution in [0, 0.1) is 0 Å². The number of benzene rings is 3. The summed E-state index contributed by atoms with van der Waals surface area (Å²) in [5.41, 5.74) is 5.09. The summed E-state index contributed by atoms with van der Waals surface area (Å²) in [6.45, 7) is 0.276. The first-order chi connectivity index (χ1) is 13.3. The molecule has 0 N–H and O–H groups in total. The highest BCUT2D eigenvalue weighted by molar-refractivity contribution is 6.33. The predicted octanol–water partition coefficient (Wildman–Crippen LogP) is 4.53. The lowest BCUT2D eigenvalue weighted by atomic mass is 10.0. The van der Waals surface area contributed by atoms with Gasteiger partial charge in [0.1, 0.15) is 18.1 Å². The highest BCUT2D eigenvalue weighted by atomic mass is 16.5. The summed E-state index contributed by atoms with van der Waals surface area (Å²) in [7, 11) is 0. The van der Waals surface area contributed by atoms with Crippen LogP contribution in [0.15, 0.2) is 89.5 Å². The summed E-state index contributed by atoms with van der Waals surface area (Å²) < 4.78 is 5.92. The van der Waals surface area contributed by atoms with Crippen molar-refractivity contribution in [2.45, 2.75) is 0 Å². The van der Waals surface area contributed by atoms with Crippen LogP contribution in [-0.2, 0) is 4.79 Å². The molecular formula is C23H16N2O2. The molecule has 0 bridgehead atoms. The standard InChI is InChI=1S/C23H16N2O2/c26-23-20-14-18-13-17(16-7-3-1-4-8-16)11-12-22(18)27-15-21(20)24-25(23)19-9-5-2-6-10-19/h1-14H,15H2. The summed E-state index contributed by atoms with van der Waals surface area (Å²) in [6, 6.07) is 25.6. The third-order valence-electron chi connectivity index (χ3n) is 4.74. The molecule has 0 aromatic heterocycles. The number of hydrogen-bond donors (Lipinski definition) is 0. The van der Waals surface area contributed by atoms with Crippen molar-refractivity contribution in [3.05, 3.63) is 90.0 Å². The van der Waals surface area contributed by atoms with E-state index in [9.17, 15) is 4.79 Å². The van der Waals surface area contributed by atoms with Crippen LogP contribution in [0.2, 0.25) is 0 Å². The largest absolute Gasteiger partial charge is 0.487 e. The number of anilines is 1. The van der Waals surface area contributed by atoms with E-state index in [1.165, 1.54) is 5.01 Å². The molecule has 0 unspecified atom stereocenters. The molecule has 2 aliphatic heterocycles. The number of hydrogen-bond acceptors (Lipinski definition) is 3. The SMILES string of the molecule is O=C1C2=Cc3cc(-c4ccccc4)ccc3OCC2=NN1c1ccccc1. The molecule has 0 fully saturated rings. The third kappa shape index (κ3) is 2.72. The van der Waals surface area contributed by atoms with E-state index in [2.05, 4.69) is 23.3 Å². The number of nitrogens with zero attached hydrogens (tertiary/aromatic N) is 2. The van der Waals surface area contributed by atoms with Crippen LogP contribution in [0.1, 0.15) is 5.56 Å². The number of rotatable bonds is 2. The minimum Gasteiger partial charge on any atom is -0.487 e. The minimum absolute atomic E-state index is 0.127. The summed E-state index contributed by atoms with van der Waals surface area (Å²) in [5.74, 6) is 0.635. The fourth-order valence-electron chi connectivity index (χ4n) is 3.36. The molecule has 0 aliphatic carbocycles. The van der Waals surface area contributed by atoms with Crippen LogP contribution < -0.4 is 9.75 Å². The van der Waals surface area contributed by atoms with Crippen molar-refractivity contribution in [2.24, 2.45) is 5.10 Å². The zero-order valence-corrected chi connectivity index (χ0v) is 14.5. The summed E-state index contributed by atoms with van der Waals surface area (Å²) >= 11 is 0. The first-order valence-electron chi connectivity index (χ1n) is 8.81. The number of para-hydroxylation sites is 1. The molecule has 0 radical (unpaired) electrons. The highest BCUT2D eigenvalue weighted by Crippen LogP contribution is 2.33. The van der Waals surface area contributed by atoms with E-state index in [1.54, 1.807) is 0 Å². The molecule has 4 heteroatoms. The van der Waals surface area contributed by atoms with Gasteiger partial charge in [-0.2, -0.15) is 10.1 Å². The van der Waals surface area contributed by atoms with Crippen LogP contribution in [-0.4, -0.2) is 18.2 Å². The molecule has 0 saturated heterocycles. The van der Waals surface area contributed by atoms with Crippen LogP contribution in [0.3, 0.4) is 0 Å². The van der Waals surface area contributed by atoms with Crippen LogP contribution in [0.5, 0.6) is 5.75 Å². The maximum absolute atomic E-state index is 12.9. The van der Waals surface area contributed by atoms with Gasteiger partial charge in [-0.15, -0.1) is 0 Å². The Kier molecular flexibility index (Phi) is 3.61. The van der Waals surface area contributed by atoms with Gasteiger partial charge >= 0.3 is 0 Å². The second-order valence-corrected chi connectivity index (χ2v) is 6.46. The van der Waals surface area contributed by atoms with Gasteiger partial charge < -0.3 is 4.74 Å². The zero-order chi connectivity index (χ0) is 18.2. The monoisotopic (exact) mass is 352 g/mol. The normalized spacial score (nSPS) is 15.3. The van der Waals surface area contributed by atoms with E-state index in [0.29, 0.717) is 11.3 Å².